The molecule has 2 aromatic rings. The monoisotopic (exact) mass is 242 g/mol. The lowest BCUT2D eigenvalue weighted by molar-refractivity contribution is 0.415. The Kier molecular flexibility index (Phi) is 2.26. The van der Waals surface area contributed by atoms with Gasteiger partial charge in [0.2, 0.25) is 0 Å². The maximum atomic E-state index is 5.55. The molecular formula is C12H10O2Si2. The Morgan fingerprint density at radius 3 is 1.56 bits per heavy atom. The first-order valence-electron chi connectivity index (χ1n) is 5.05. The summed E-state index contributed by atoms with van der Waals surface area (Å²) in [5.74, 6) is 2.09. The van der Waals surface area contributed by atoms with Crippen LogP contribution >= 0.6 is 0 Å². The van der Waals surface area contributed by atoms with Crippen LogP contribution < -0.4 is 19.8 Å². The quantitative estimate of drug-likeness (QED) is 0.712. The van der Waals surface area contributed by atoms with Crippen molar-refractivity contribution in [2.45, 2.75) is 0 Å². The van der Waals surface area contributed by atoms with Crippen molar-refractivity contribution in [3.05, 3.63) is 24.3 Å². The summed E-state index contributed by atoms with van der Waals surface area (Å²) < 4.78 is 11.1. The summed E-state index contributed by atoms with van der Waals surface area (Å²) >= 11 is 0. The number of fused-ring (bicyclic) bond motifs is 2. The summed E-state index contributed by atoms with van der Waals surface area (Å²) in [4.78, 5) is 0. The van der Waals surface area contributed by atoms with Gasteiger partial charge >= 0.3 is 0 Å². The third-order valence-corrected chi connectivity index (χ3v) is 6.55. The van der Waals surface area contributed by atoms with Crippen molar-refractivity contribution >= 4 is 39.2 Å². The molecule has 1 heterocycles. The van der Waals surface area contributed by atoms with E-state index in [0.717, 1.165) is 40.3 Å². The molecule has 0 bridgehead atoms. The predicted octanol–water partition coefficient (Wildman–Crippen LogP) is 0.445. The molecule has 0 saturated heterocycles. The molecule has 0 spiro atoms. The topological polar surface area (TPSA) is 18.5 Å². The summed E-state index contributed by atoms with van der Waals surface area (Å²) in [6, 6.07) is 8.28. The SMILES string of the molecule is COc1c2c(c(OC)c3ccccc13)[Si][Si]2. The van der Waals surface area contributed by atoms with Crippen molar-refractivity contribution in [3.63, 3.8) is 0 Å². The van der Waals surface area contributed by atoms with Crippen LogP contribution in [0.15, 0.2) is 24.3 Å². The average Bonchev–Trinajstić information content (AvgIpc) is 2.30. The van der Waals surface area contributed by atoms with Gasteiger partial charge in [-0.15, -0.1) is 0 Å². The van der Waals surface area contributed by atoms with Crippen LogP contribution in [-0.2, 0) is 0 Å². The van der Waals surface area contributed by atoms with Crippen molar-refractivity contribution in [2.24, 2.45) is 0 Å². The van der Waals surface area contributed by atoms with E-state index < -0.39 is 0 Å². The van der Waals surface area contributed by atoms with Crippen LogP contribution in [0, 0.1) is 0 Å². The van der Waals surface area contributed by atoms with E-state index in [1.807, 2.05) is 12.1 Å². The lowest BCUT2D eigenvalue weighted by Gasteiger charge is -2.25. The predicted molar refractivity (Wildman–Crippen MR) is 67.8 cm³/mol. The molecule has 1 aliphatic rings. The summed E-state index contributed by atoms with van der Waals surface area (Å²) in [5, 5.41) is 5.04. The van der Waals surface area contributed by atoms with Gasteiger partial charge < -0.3 is 9.47 Å². The zero-order valence-corrected chi connectivity index (χ0v) is 11.1. The first-order chi connectivity index (χ1) is 7.86. The summed E-state index contributed by atoms with van der Waals surface area (Å²) in [6.07, 6.45) is 0. The molecule has 0 amide bonds. The van der Waals surface area contributed by atoms with Crippen molar-refractivity contribution in [1.29, 1.82) is 0 Å². The van der Waals surface area contributed by atoms with Crippen LogP contribution in [0.1, 0.15) is 0 Å². The second kappa shape index (κ2) is 3.64. The van der Waals surface area contributed by atoms with Crippen LogP contribution in [0.5, 0.6) is 11.5 Å². The lowest BCUT2D eigenvalue weighted by atomic mass is 10.1. The largest absolute Gasteiger partial charge is 0.496 e. The Labute approximate surface area is 99.0 Å². The Bertz CT molecular complexity index is 516. The number of methoxy groups -OCH3 is 2. The highest BCUT2D eigenvalue weighted by atomic mass is 29.1. The molecule has 4 heteroatoms. The smallest absolute Gasteiger partial charge is 0.125 e. The molecule has 2 aromatic carbocycles. The molecule has 0 aromatic heterocycles. The van der Waals surface area contributed by atoms with Crippen LogP contribution in [0.2, 0.25) is 0 Å². The molecular weight excluding hydrogens is 232 g/mol. The van der Waals surface area contributed by atoms with E-state index in [-0.39, 0.29) is 0 Å². The fraction of sp³-hybridized carbons (Fsp3) is 0.167. The van der Waals surface area contributed by atoms with E-state index in [0.29, 0.717) is 0 Å². The highest BCUT2D eigenvalue weighted by Gasteiger charge is 2.27. The van der Waals surface area contributed by atoms with E-state index in [1.54, 1.807) is 14.2 Å². The number of rotatable bonds is 2. The van der Waals surface area contributed by atoms with E-state index in [4.69, 9.17) is 9.47 Å². The molecule has 2 nitrogen and oxygen atoms in total. The third kappa shape index (κ3) is 1.17. The fourth-order valence-corrected chi connectivity index (χ4v) is 5.21. The van der Waals surface area contributed by atoms with Gasteiger partial charge in [-0.25, -0.2) is 0 Å². The first kappa shape index (κ1) is 9.92. The van der Waals surface area contributed by atoms with Crippen molar-refractivity contribution in [2.75, 3.05) is 14.2 Å². The number of hydrogen-bond donors (Lipinski definition) is 0. The van der Waals surface area contributed by atoms with Crippen LogP contribution in [0.25, 0.3) is 10.8 Å². The number of ether oxygens (including phenoxy) is 2. The molecule has 3 rings (SSSR count). The minimum absolute atomic E-state index is 0.883. The summed E-state index contributed by atoms with van der Waals surface area (Å²) in [7, 11) is 5.27. The van der Waals surface area contributed by atoms with E-state index in [2.05, 4.69) is 12.1 Å². The van der Waals surface area contributed by atoms with Gasteiger partial charge in [0, 0.05) is 10.8 Å². The van der Waals surface area contributed by atoms with Gasteiger partial charge in [-0.1, -0.05) is 24.3 Å². The molecule has 0 atom stereocenters. The van der Waals surface area contributed by atoms with Gasteiger partial charge in [0.05, 0.1) is 32.3 Å². The number of benzene rings is 2. The normalized spacial score (nSPS) is 13.1. The van der Waals surface area contributed by atoms with Gasteiger partial charge in [0.15, 0.2) is 0 Å². The Morgan fingerprint density at radius 2 is 1.25 bits per heavy atom. The molecule has 4 radical (unpaired) electrons. The second-order valence-corrected chi connectivity index (χ2v) is 6.61. The molecule has 78 valence electrons. The van der Waals surface area contributed by atoms with Crippen molar-refractivity contribution in [3.8, 4) is 11.5 Å². The first-order valence-corrected chi connectivity index (χ1v) is 8.05. The highest BCUT2D eigenvalue weighted by Crippen LogP contribution is 2.31. The van der Waals surface area contributed by atoms with Crippen LogP contribution in [0.3, 0.4) is 0 Å². The van der Waals surface area contributed by atoms with Gasteiger partial charge in [-0.2, -0.15) is 0 Å². The third-order valence-electron chi connectivity index (χ3n) is 2.84. The van der Waals surface area contributed by atoms with Gasteiger partial charge in [-0.3, -0.25) is 0 Å². The molecule has 0 unspecified atom stereocenters. The average molecular weight is 242 g/mol. The van der Waals surface area contributed by atoms with Crippen LogP contribution in [0.4, 0.5) is 0 Å². The minimum atomic E-state index is 0.883. The second-order valence-electron chi connectivity index (χ2n) is 3.61. The zero-order valence-electron chi connectivity index (χ0n) is 9.13. The van der Waals surface area contributed by atoms with Crippen molar-refractivity contribution < 1.29 is 9.47 Å². The van der Waals surface area contributed by atoms with Gasteiger partial charge in [-0.05, 0) is 10.4 Å². The molecule has 0 aliphatic carbocycles. The molecule has 1 aliphatic heterocycles. The summed E-state index contributed by atoms with van der Waals surface area (Å²) in [6.45, 7) is 0. The van der Waals surface area contributed by atoms with Gasteiger partial charge in [0.25, 0.3) is 0 Å². The van der Waals surface area contributed by atoms with E-state index >= 15 is 0 Å². The van der Waals surface area contributed by atoms with E-state index in [1.165, 1.54) is 10.4 Å². The summed E-state index contributed by atoms with van der Waals surface area (Å²) in [5.41, 5.74) is 0. The Morgan fingerprint density at radius 1 is 0.812 bits per heavy atom. The maximum Gasteiger partial charge on any atom is 0.125 e. The molecule has 0 fully saturated rings. The van der Waals surface area contributed by atoms with Crippen LogP contribution in [-0.4, -0.2) is 32.3 Å². The Hall–Kier alpha value is -1.27. The maximum absolute atomic E-state index is 5.55. The Balaban J connectivity index is 2.45. The molecule has 0 N–H and O–H groups in total. The highest BCUT2D eigenvalue weighted by molar-refractivity contribution is 7.23. The fourth-order valence-electron chi connectivity index (χ4n) is 2.10. The minimum Gasteiger partial charge on any atom is -0.496 e. The lowest BCUT2D eigenvalue weighted by Crippen LogP contribution is -2.54. The standard InChI is InChI=1S/C12H10O2Si2/c1-13-9-7-5-3-4-6-8(7)10(14-2)12-11(9)15-16-12/h3-6H,1-2H3. The van der Waals surface area contributed by atoms with Crippen molar-refractivity contribution in [1.82, 2.24) is 0 Å². The number of hydrogen-bond acceptors (Lipinski definition) is 2. The zero-order chi connectivity index (χ0) is 11.1. The molecule has 16 heavy (non-hydrogen) atoms. The van der Waals surface area contributed by atoms with Gasteiger partial charge in [0.1, 0.15) is 11.5 Å². The molecule has 0 saturated carbocycles. The van der Waals surface area contributed by atoms with E-state index in [9.17, 15) is 0 Å².